The molecule has 0 saturated carbocycles. The number of nitrogens with zero attached hydrogens (tertiary/aromatic N) is 2. The van der Waals surface area contributed by atoms with Crippen LogP contribution < -0.4 is 10.6 Å². The summed E-state index contributed by atoms with van der Waals surface area (Å²) in [4.78, 5) is 18.2. The maximum absolute atomic E-state index is 12.7. The fourth-order valence-electron chi connectivity index (χ4n) is 2.39. The number of carboxylic acid groups (broad SMARTS) is 1. The summed E-state index contributed by atoms with van der Waals surface area (Å²) in [5.74, 6) is -0.273. The van der Waals surface area contributed by atoms with E-state index in [1.165, 1.54) is 0 Å². The molecule has 1 unspecified atom stereocenters. The van der Waals surface area contributed by atoms with E-state index < -0.39 is 24.0 Å². The summed E-state index contributed by atoms with van der Waals surface area (Å²) in [6.07, 6.45) is -3.60. The van der Waals surface area contributed by atoms with Crippen LogP contribution in [0.15, 0.2) is 12.3 Å². The second kappa shape index (κ2) is 6.25. The van der Waals surface area contributed by atoms with Gasteiger partial charge in [-0.25, -0.2) is 14.8 Å². The normalized spacial score (nSPS) is 18.2. The average Bonchev–Trinajstić information content (AvgIpc) is 2.45. The molecule has 21 heavy (non-hydrogen) atoms. The van der Waals surface area contributed by atoms with Gasteiger partial charge < -0.3 is 15.7 Å². The van der Waals surface area contributed by atoms with Gasteiger partial charge in [-0.3, -0.25) is 0 Å². The second-order valence-corrected chi connectivity index (χ2v) is 4.81. The van der Waals surface area contributed by atoms with Gasteiger partial charge in [0.1, 0.15) is 5.69 Å². The van der Waals surface area contributed by atoms with Gasteiger partial charge in [0.25, 0.3) is 0 Å². The minimum absolute atomic E-state index is 0.133. The molecule has 1 aromatic heterocycles. The Hall–Kier alpha value is -1.90. The average molecular weight is 304 g/mol. The van der Waals surface area contributed by atoms with Crippen molar-refractivity contribution in [1.82, 2.24) is 20.6 Å². The van der Waals surface area contributed by atoms with Crippen LogP contribution in [-0.4, -0.2) is 34.3 Å². The van der Waals surface area contributed by atoms with Crippen LogP contribution in [0.5, 0.6) is 0 Å². The van der Waals surface area contributed by atoms with Gasteiger partial charge in [0, 0.05) is 6.20 Å². The van der Waals surface area contributed by atoms with Crippen LogP contribution in [-0.2, 0) is 6.18 Å². The number of rotatable bonds is 3. The predicted molar refractivity (Wildman–Crippen MR) is 66.5 cm³/mol. The van der Waals surface area contributed by atoms with E-state index in [0.717, 1.165) is 12.3 Å². The lowest BCUT2D eigenvalue weighted by atomic mass is 9.89. The van der Waals surface area contributed by atoms with Crippen LogP contribution in [0.25, 0.3) is 0 Å². The summed E-state index contributed by atoms with van der Waals surface area (Å²) in [6, 6.07) is -0.0732. The van der Waals surface area contributed by atoms with Crippen LogP contribution in [0.2, 0.25) is 0 Å². The quantitative estimate of drug-likeness (QED) is 0.792. The molecule has 0 radical (unpaired) electrons. The molecule has 0 aromatic carbocycles. The zero-order chi connectivity index (χ0) is 15.5. The van der Waals surface area contributed by atoms with E-state index in [-0.39, 0.29) is 11.7 Å². The maximum atomic E-state index is 12.7. The molecule has 1 saturated heterocycles. The number of aromatic nitrogens is 2. The van der Waals surface area contributed by atoms with Crippen LogP contribution in [0.3, 0.4) is 0 Å². The Morgan fingerprint density at radius 3 is 2.67 bits per heavy atom. The summed E-state index contributed by atoms with van der Waals surface area (Å²) in [5.41, 5.74) is -1.07. The Morgan fingerprint density at radius 1 is 1.43 bits per heavy atom. The first kappa shape index (κ1) is 15.5. The number of halogens is 3. The number of piperidine rings is 1. The summed E-state index contributed by atoms with van der Waals surface area (Å²) < 4.78 is 38.1. The third-order valence-corrected chi connectivity index (χ3v) is 3.38. The number of alkyl halides is 3. The van der Waals surface area contributed by atoms with Gasteiger partial charge >= 0.3 is 12.3 Å². The molecule has 116 valence electrons. The molecule has 1 aliphatic rings. The summed E-state index contributed by atoms with van der Waals surface area (Å²) >= 11 is 0. The first-order valence-electron chi connectivity index (χ1n) is 6.48. The Labute approximate surface area is 118 Å². The highest BCUT2D eigenvalue weighted by Gasteiger charge is 2.35. The predicted octanol–water partition coefficient (Wildman–Crippen LogP) is 1.80. The van der Waals surface area contributed by atoms with Gasteiger partial charge in [-0.15, -0.1) is 0 Å². The molecule has 1 atom stereocenters. The standard InChI is InChI=1S/C12H15F3N4O2/c13-12(14,15)8-3-6-17-10(18-8)9(19-11(20)21)7-1-4-16-5-2-7/h3,6-7,9,16,19H,1-2,4-5H2,(H,20,21). The van der Waals surface area contributed by atoms with Crippen molar-refractivity contribution in [2.24, 2.45) is 5.92 Å². The zero-order valence-corrected chi connectivity index (χ0v) is 11.0. The number of carbonyl (C=O) groups is 1. The lowest BCUT2D eigenvalue weighted by molar-refractivity contribution is -0.141. The third-order valence-electron chi connectivity index (χ3n) is 3.38. The van der Waals surface area contributed by atoms with Gasteiger partial charge in [-0.1, -0.05) is 0 Å². The molecule has 1 amide bonds. The molecule has 6 nitrogen and oxygen atoms in total. The van der Waals surface area contributed by atoms with Crippen molar-refractivity contribution in [2.75, 3.05) is 13.1 Å². The third kappa shape index (κ3) is 4.03. The first-order chi connectivity index (χ1) is 9.88. The van der Waals surface area contributed by atoms with Gasteiger partial charge in [0.15, 0.2) is 5.82 Å². The molecule has 0 aliphatic carbocycles. The van der Waals surface area contributed by atoms with E-state index in [1.807, 2.05) is 0 Å². The van der Waals surface area contributed by atoms with Gasteiger partial charge in [-0.05, 0) is 37.9 Å². The number of hydrogen-bond acceptors (Lipinski definition) is 4. The highest BCUT2D eigenvalue weighted by molar-refractivity contribution is 5.65. The van der Waals surface area contributed by atoms with Crippen LogP contribution in [0.4, 0.5) is 18.0 Å². The molecule has 2 rings (SSSR count). The fourth-order valence-corrected chi connectivity index (χ4v) is 2.39. The summed E-state index contributed by atoms with van der Waals surface area (Å²) in [5, 5.41) is 14.3. The zero-order valence-electron chi connectivity index (χ0n) is 11.0. The lowest BCUT2D eigenvalue weighted by Gasteiger charge is -2.29. The van der Waals surface area contributed by atoms with Crippen LogP contribution in [0.1, 0.15) is 30.4 Å². The largest absolute Gasteiger partial charge is 0.465 e. The minimum atomic E-state index is -4.58. The van der Waals surface area contributed by atoms with E-state index >= 15 is 0 Å². The van der Waals surface area contributed by atoms with Gasteiger partial charge in [0.05, 0.1) is 6.04 Å². The molecule has 9 heteroatoms. The SMILES string of the molecule is O=C(O)NC(c1nccc(C(F)(F)F)n1)C1CCNCC1. The van der Waals surface area contributed by atoms with E-state index in [0.29, 0.717) is 25.9 Å². The summed E-state index contributed by atoms with van der Waals surface area (Å²) in [7, 11) is 0. The number of amides is 1. The molecule has 0 bridgehead atoms. The van der Waals surface area contributed by atoms with Crippen molar-refractivity contribution >= 4 is 6.09 Å². The van der Waals surface area contributed by atoms with Crippen molar-refractivity contribution in [3.05, 3.63) is 23.8 Å². The molecule has 1 aromatic rings. The van der Waals surface area contributed by atoms with E-state index in [1.54, 1.807) is 0 Å². The Morgan fingerprint density at radius 2 is 2.10 bits per heavy atom. The monoisotopic (exact) mass is 304 g/mol. The molecular formula is C12H15F3N4O2. The van der Waals surface area contributed by atoms with E-state index in [9.17, 15) is 18.0 Å². The van der Waals surface area contributed by atoms with Crippen molar-refractivity contribution in [2.45, 2.75) is 25.1 Å². The molecule has 2 heterocycles. The fraction of sp³-hybridized carbons (Fsp3) is 0.583. The maximum Gasteiger partial charge on any atom is 0.433 e. The van der Waals surface area contributed by atoms with Gasteiger partial charge in [-0.2, -0.15) is 13.2 Å². The van der Waals surface area contributed by atoms with Crippen LogP contribution in [0, 0.1) is 5.92 Å². The van der Waals surface area contributed by atoms with Crippen molar-refractivity contribution < 1.29 is 23.1 Å². The number of hydrogen-bond donors (Lipinski definition) is 3. The van der Waals surface area contributed by atoms with Crippen molar-refractivity contribution in [1.29, 1.82) is 0 Å². The molecule has 1 fully saturated rings. The molecule has 0 spiro atoms. The molecule has 3 N–H and O–H groups in total. The Kier molecular flexibility index (Phi) is 4.61. The van der Waals surface area contributed by atoms with Crippen molar-refractivity contribution in [3.8, 4) is 0 Å². The Bertz CT molecular complexity index is 504. The van der Waals surface area contributed by atoms with Crippen molar-refractivity contribution in [3.63, 3.8) is 0 Å². The summed E-state index contributed by atoms with van der Waals surface area (Å²) in [6.45, 7) is 1.36. The lowest BCUT2D eigenvalue weighted by Crippen LogP contribution is -2.39. The highest BCUT2D eigenvalue weighted by Crippen LogP contribution is 2.30. The smallest absolute Gasteiger partial charge is 0.433 e. The van der Waals surface area contributed by atoms with E-state index in [4.69, 9.17) is 5.11 Å². The molecular weight excluding hydrogens is 289 g/mol. The second-order valence-electron chi connectivity index (χ2n) is 4.81. The molecule has 1 aliphatic heterocycles. The van der Waals surface area contributed by atoms with Gasteiger partial charge in [0.2, 0.25) is 0 Å². The topological polar surface area (TPSA) is 87.1 Å². The number of nitrogens with one attached hydrogen (secondary N) is 2. The first-order valence-corrected chi connectivity index (χ1v) is 6.48. The Balaban J connectivity index is 2.29. The van der Waals surface area contributed by atoms with E-state index in [2.05, 4.69) is 20.6 Å². The van der Waals surface area contributed by atoms with Crippen LogP contribution >= 0.6 is 0 Å². The highest BCUT2D eigenvalue weighted by atomic mass is 19.4. The minimum Gasteiger partial charge on any atom is -0.465 e.